The van der Waals surface area contributed by atoms with Crippen LogP contribution in [0.4, 0.5) is 5.69 Å². The van der Waals surface area contributed by atoms with Crippen molar-refractivity contribution in [1.29, 1.82) is 0 Å². The number of nitrogens with one attached hydrogen (secondary N) is 1. The summed E-state index contributed by atoms with van der Waals surface area (Å²) in [6.07, 6.45) is 0.312. The lowest BCUT2D eigenvalue weighted by molar-refractivity contribution is -0.143. The molecule has 2 aliphatic heterocycles. The number of benzene rings is 1. The molecule has 1 fully saturated rings. The molecule has 1 aromatic carbocycles. The quantitative estimate of drug-likeness (QED) is 0.907. The molecule has 3 rings (SSSR count). The van der Waals surface area contributed by atoms with E-state index in [0.717, 1.165) is 10.6 Å². The molecule has 0 saturated carbocycles. The van der Waals surface area contributed by atoms with Crippen molar-refractivity contribution in [2.24, 2.45) is 0 Å². The summed E-state index contributed by atoms with van der Waals surface area (Å²) in [7, 11) is 0. The van der Waals surface area contributed by atoms with Crippen LogP contribution in [0.1, 0.15) is 20.3 Å². The Morgan fingerprint density at radius 2 is 2.00 bits per heavy atom. The second-order valence-corrected chi connectivity index (χ2v) is 7.10. The average Bonchev–Trinajstić information content (AvgIpc) is 2.47. The van der Waals surface area contributed by atoms with Crippen LogP contribution in [0.25, 0.3) is 0 Å². The Morgan fingerprint density at radius 3 is 2.73 bits per heavy atom. The van der Waals surface area contributed by atoms with Gasteiger partial charge in [0.05, 0.1) is 23.1 Å². The normalized spacial score (nSPS) is 28.0. The summed E-state index contributed by atoms with van der Waals surface area (Å²) < 4.78 is 5.65. The molecule has 2 amide bonds. The Morgan fingerprint density at radius 1 is 1.32 bits per heavy atom. The van der Waals surface area contributed by atoms with E-state index in [1.54, 1.807) is 0 Å². The zero-order valence-corrected chi connectivity index (χ0v) is 13.6. The lowest BCUT2D eigenvalue weighted by atomic mass is 10.2. The molecule has 0 unspecified atom stereocenters. The minimum atomic E-state index is -0.365. The van der Waals surface area contributed by atoms with E-state index in [1.165, 1.54) is 11.8 Å². The standard InChI is InChI=1S/C16H20N2O3S/c1-10-8-18(9-11(2)21-10)15(19)7-14-16(20)17-12-5-3-4-6-13(12)22-14/h3-6,10-11,14H,7-9H2,1-2H3,(H,17,20)/t10-,11-,14+/m1/s1. The van der Waals surface area contributed by atoms with Gasteiger partial charge in [-0.2, -0.15) is 0 Å². The maximum atomic E-state index is 12.5. The summed E-state index contributed by atoms with van der Waals surface area (Å²) in [5, 5.41) is 2.52. The highest BCUT2D eigenvalue weighted by molar-refractivity contribution is 8.01. The summed E-state index contributed by atoms with van der Waals surface area (Å²) >= 11 is 1.47. The van der Waals surface area contributed by atoms with Crippen molar-refractivity contribution in [1.82, 2.24) is 4.90 Å². The van der Waals surface area contributed by atoms with Crippen molar-refractivity contribution in [3.05, 3.63) is 24.3 Å². The number of ether oxygens (including phenoxy) is 1. The van der Waals surface area contributed by atoms with E-state index in [1.807, 2.05) is 43.0 Å². The lowest BCUT2D eigenvalue weighted by Crippen LogP contribution is -2.49. The van der Waals surface area contributed by atoms with E-state index >= 15 is 0 Å². The summed E-state index contributed by atoms with van der Waals surface area (Å²) in [5.41, 5.74) is 0.829. The van der Waals surface area contributed by atoms with Crippen LogP contribution in [-0.4, -0.2) is 47.3 Å². The molecular formula is C16H20N2O3S. The largest absolute Gasteiger partial charge is 0.372 e. The number of amides is 2. The fourth-order valence-electron chi connectivity index (χ4n) is 2.90. The number of carbonyl (C=O) groups excluding carboxylic acids is 2. The number of morpholine rings is 1. The van der Waals surface area contributed by atoms with Crippen LogP contribution in [-0.2, 0) is 14.3 Å². The fourth-order valence-corrected chi connectivity index (χ4v) is 4.00. The van der Waals surface area contributed by atoms with Gasteiger partial charge >= 0.3 is 0 Å². The topological polar surface area (TPSA) is 58.6 Å². The molecule has 0 bridgehead atoms. The van der Waals surface area contributed by atoms with E-state index in [9.17, 15) is 9.59 Å². The number of nitrogens with zero attached hydrogens (tertiary/aromatic N) is 1. The third kappa shape index (κ3) is 3.28. The first-order chi connectivity index (χ1) is 10.5. The number of carbonyl (C=O) groups is 2. The molecule has 0 aromatic heterocycles. The summed E-state index contributed by atoms with van der Waals surface area (Å²) in [6.45, 7) is 5.13. The number of fused-ring (bicyclic) bond motifs is 1. The average molecular weight is 320 g/mol. The first-order valence-corrected chi connectivity index (χ1v) is 8.40. The fraction of sp³-hybridized carbons (Fsp3) is 0.500. The molecule has 3 atom stereocenters. The molecular weight excluding hydrogens is 300 g/mol. The van der Waals surface area contributed by atoms with Crippen LogP contribution in [0.2, 0.25) is 0 Å². The van der Waals surface area contributed by atoms with Gasteiger partial charge in [-0.25, -0.2) is 0 Å². The molecule has 1 aromatic rings. The molecule has 1 N–H and O–H groups in total. The van der Waals surface area contributed by atoms with Gasteiger partial charge in [-0.3, -0.25) is 9.59 Å². The second-order valence-electron chi connectivity index (χ2n) is 5.85. The van der Waals surface area contributed by atoms with E-state index in [4.69, 9.17) is 4.74 Å². The zero-order valence-electron chi connectivity index (χ0n) is 12.7. The van der Waals surface area contributed by atoms with E-state index < -0.39 is 0 Å². The van der Waals surface area contributed by atoms with Crippen LogP contribution in [0.15, 0.2) is 29.2 Å². The first kappa shape index (κ1) is 15.4. The predicted molar refractivity (Wildman–Crippen MR) is 85.9 cm³/mol. The van der Waals surface area contributed by atoms with Gasteiger partial charge in [-0.15, -0.1) is 11.8 Å². The van der Waals surface area contributed by atoms with Gasteiger partial charge in [-0.1, -0.05) is 12.1 Å². The van der Waals surface area contributed by atoms with Gasteiger partial charge in [0.2, 0.25) is 11.8 Å². The van der Waals surface area contributed by atoms with Gasteiger partial charge in [0.25, 0.3) is 0 Å². The Bertz CT molecular complexity index is 583. The predicted octanol–water partition coefficient (Wildman–Crippen LogP) is 2.13. The smallest absolute Gasteiger partial charge is 0.238 e. The molecule has 0 spiro atoms. The van der Waals surface area contributed by atoms with Crippen LogP contribution >= 0.6 is 11.8 Å². The van der Waals surface area contributed by atoms with Gasteiger partial charge < -0.3 is 15.0 Å². The maximum Gasteiger partial charge on any atom is 0.238 e. The van der Waals surface area contributed by atoms with Crippen molar-refractivity contribution in [3.63, 3.8) is 0 Å². The Balaban J connectivity index is 1.66. The summed E-state index contributed by atoms with van der Waals surface area (Å²) in [5.74, 6) is -0.0690. The van der Waals surface area contributed by atoms with Crippen molar-refractivity contribution in [2.75, 3.05) is 18.4 Å². The Hall–Kier alpha value is -1.53. The molecule has 0 aliphatic carbocycles. The Labute approximate surface area is 134 Å². The SMILES string of the molecule is C[C@@H]1CN(C(=O)C[C@@H]2Sc3ccccc3NC2=O)C[C@@H](C)O1. The van der Waals surface area contributed by atoms with E-state index in [-0.39, 0.29) is 35.7 Å². The molecule has 2 aliphatic rings. The number of hydrogen-bond acceptors (Lipinski definition) is 4. The molecule has 22 heavy (non-hydrogen) atoms. The number of hydrogen-bond donors (Lipinski definition) is 1. The first-order valence-electron chi connectivity index (χ1n) is 7.52. The molecule has 118 valence electrons. The molecule has 5 nitrogen and oxygen atoms in total. The van der Waals surface area contributed by atoms with Crippen LogP contribution in [0.3, 0.4) is 0 Å². The third-order valence-electron chi connectivity index (χ3n) is 3.84. The number of rotatable bonds is 2. The highest BCUT2D eigenvalue weighted by Crippen LogP contribution is 2.36. The van der Waals surface area contributed by atoms with Crippen LogP contribution < -0.4 is 5.32 Å². The minimum absolute atomic E-state index is 0.0223. The second kappa shape index (κ2) is 6.30. The molecule has 0 radical (unpaired) electrons. The van der Waals surface area contributed by atoms with Crippen molar-refractivity contribution in [3.8, 4) is 0 Å². The van der Waals surface area contributed by atoms with E-state index in [2.05, 4.69) is 5.32 Å². The summed E-state index contributed by atoms with van der Waals surface area (Å²) in [6, 6.07) is 7.68. The van der Waals surface area contributed by atoms with Crippen molar-refractivity contribution >= 4 is 29.3 Å². The number of anilines is 1. The highest BCUT2D eigenvalue weighted by atomic mass is 32.2. The minimum Gasteiger partial charge on any atom is -0.372 e. The molecule has 6 heteroatoms. The molecule has 2 heterocycles. The van der Waals surface area contributed by atoms with Crippen molar-refractivity contribution in [2.45, 2.75) is 42.6 Å². The highest BCUT2D eigenvalue weighted by Gasteiger charge is 2.32. The lowest BCUT2D eigenvalue weighted by Gasteiger charge is -2.36. The Kier molecular flexibility index (Phi) is 4.40. The van der Waals surface area contributed by atoms with Crippen molar-refractivity contribution < 1.29 is 14.3 Å². The third-order valence-corrected chi connectivity index (χ3v) is 5.11. The molecule has 1 saturated heterocycles. The number of thioether (sulfide) groups is 1. The maximum absolute atomic E-state index is 12.5. The summed E-state index contributed by atoms with van der Waals surface area (Å²) in [4.78, 5) is 27.5. The van der Waals surface area contributed by atoms with Crippen LogP contribution in [0.5, 0.6) is 0 Å². The van der Waals surface area contributed by atoms with E-state index in [0.29, 0.717) is 13.1 Å². The monoisotopic (exact) mass is 320 g/mol. The van der Waals surface area contributed by atoms with Gasteiger partial charge in [0.15, 0.2) is 0 Å². The van der Waals surface area contributed by atoms with Gasteiger partial charge in [-0.05, 0) is 26.0 Å². The van der Waals surface area contributed by atoms with Gasteiger partial charge in [0.1, 0.15) is 0 Å². The van der Waals surface area contributed by atoms with Gasteiger partial charge in [0, 0.05) is 24.4 Å². The zero-order chi connectivity index (χ0) is 15.7. The number of para-hydroxylation sites is 1. The van der Waals surface area contributed by atoms with Crippen LogP contribution in [0, 0.1) is 0 Å².